The van der Waals surface area contributed by atoms with Gasteiger partial charge in [0.2, 0.25) is 5.91 Å². The van der Waals surface area contributed by atoms with E-state index in [1.807, 2.05) is 25.1 Å². The van der Waals surface area contributed by atoms with Crippen molar-refractivity contribution in [3.63, 3.8) is 0 Å². The first kappa shape index (κ1) is 15.3. The van der Waals surface area contributed by atoms with Crippen molar-refractivity contribution in [2.45, 2.75) is 25.8 Å². The van der Waals surface area contributed by atoms with E-state index >= 15 is 0 Å². The molecule has 2 aromatic heterocycles. The second-order valence-electron chi connectivity index (χ2n) is 6.12. The third-order valence-corrected chi connectivity index (χ3v) is 4.44. The van der Waals surface area contributed by atoms with Crippen molar-refractivity contribution in [2.75, 3.05) is 5.32 Å². The fourth-order valence-corrected chi connectivity index (χ4v) is 3.04. The lowest BCUT2D eigenvalue weighted by Crippen LogP contribution is -2.27. The largest absolute Gasteiger partial charge is 0.345 e. The molecule has 3 heterocycles. The van der Waals surface area contributed by atoms with Gasteiger partial charge in [0.05, 0.1) is 29.5 Å². The normalized spacial score (nSPS) is 14.7. The summed E-state index contributed by atoms with van der Waals surface area (Å²) < 4.78 is 1.62. The Morgan fingerprint density at radius 2 is 2.20 bits per heavy atom. The van der Waals surface area contributed by atoms with E-state index in [2.05, 4.69) is 20.7 Å². The number of aromatic nitrogens is 3. The van der Waals surface area contributed by atoms with Crippen LogP contribution in [0.1, 0.15) is 40.9 Å². The molecule has 1 aliphatic rings. The van der Waals surface area contributed by atoms with Crippen molar-refractivity contribution >= 4 is 23.0 Å². The predicted octanol–water partition coefficient (Wildman–Crippen LogP) is 2.10. The fraction of sp³-hybridized carbons (Fsp3) is 0.222. The Kier molecular flexibility index (Phi) is 3.68. The molecule has 0 saturated heterocycles. The summed E-state index contributed by atoms with van der Waals surface area (Å²) in [5, 5.41) is 10.0. The number of amides is 2. The summed E-state index contributed by atoms with van der Waals surface area (Å²) >= 11 is 0. The number of carbonyl (C=O) groups excluding carboxylic acids is 2. The van der Waals surface area contributed by atoms with Crippen LogP contribution in [0.15, 0.2) is 43.0 Å². The van der Waals surface area contributed by atoms with E-state index in [-0.39, 0.29) is 17.9 Å². The average Bonchev–Trinajstić information content (AvgIpc) is 3.05. The number of nitrogens with zero attached hydrogens (tertiary/aromatic N) is 3. The van der Waals surface area contributed by atoms with E-state index in [9.17, 15) is 9.59 Å². The zero-order valence-corrected chi connectivity index (χ0v) is 13.7. The summed E-state index contributed by atoms with van der Waals surface area (Å²) in [4.78, 5) is 28.1. The van der Waals surface area contributed by atoms with Gasteiger partial charge in [-0.05, 0) is 30.5 Å². The number of benzene rings is 1. The highest BCUT2D eigenvalue weighted by atomic mass is 16.2. The third-order valence-electron chi connectivity index (χ3n) is 4.44. The van der Waals surface area contributed by atoms with Crippen molar-refractivity contribution in [3.8, 4) is 0 Å². The van der Waals surface area contributed by atoms with Crippen LogP contribution in [0.2, 0.25) is 0 Å². The van der Waals surface area contributed by atoms with Gasteiger partial charge in [-0.3, -0.25) is 14.6 Å². The Hall–Kier alpha value is -3.22. The van der Waals surface area contributed by atoms with Crippen molar-refractivity contribution < 1.29 is 9.59 Å². The molecule has 1 atom stereocenters. The van der Waals surface area contributed by atoms with Gasteiger partial charge >= 0.3 is 0 Å². The molecule has 25 heavy (non-hydrogen) atoms. The molecular formula is C18H17N5O2. The van der Waals surface area contributed by atoms with Gasteiger partial charge in [-0.2, -0.15) is 5.10 Å². The molecule has 0 radical (unpaired) electrons. The van der Waals surface area contributed by atoms with E-state index in [0.29, 0.717) is 17.5 Å². The summed E-state index contributed by atoms with van der Waals surface area (Å²) in [6.45, 7) is 1.94. The van der Waals surface area contributed by atoms with Crippen molar-refractivity contribution in [2.24, 2.45) is 0 Å². The molecule has 0 saturated carbocycles. The van der Waals surface area contributed by atoms with Crippen LogP contribution in [0.5, 0.6) is 0 Å². The first-order chi connectivity index (χ1) is 12.1. The Balaban J connectivity index is 1.54. The lowest BCUT2D eigenvalue weighted by Gasteiger charge is -2.20. The van der Waals surface area contributed by atoms with Gasteiger partial charge in [-0.15, -0.1) is 0 Å². The Morgan fingerprint density at radius 3 is 3.08 bits per heavy atom. The summed E-state index contributed by atoms with van der Waals surface area (Å²) in [6, 6.07) is 5.69. The number of aryl methyl sites for hydroxylation is 1. The SMILES string of the molecule is CC(NC(=O)c1cnn2ccncc12)c1ccc2c(c1)CCC(=O)N2. The molecule has 2 amide bonds. The molecule has 4 rings (SSSR count). The smallest absolute Gasteiger partial charge is 0.255 e. The number of fused-ring (bicyclic) bond motifs is 2. The lowest BCUT2D eigenvalue weighted by atomic mass is 9.97. The van der Waals surface area contributed by atoms with Gasteiger partial charge in [-0.1, -0.05) is 12.1 Å². The van der Waals surface area contributed by atoms with Gasteiger partial charge in [0.25, 0.3) is 5.91 Å². The molecule has 3 aromatic rings. The molecule has 1 unspecified atom stereocenters. The van der Waals surface area contributed by atoms with Crippen LogP contribution in [0.3, 0.4) is 0 Å². The Morgan fingerprint density at radius 1 is 1.32 bits per heavy atom. The highest BCUT2D eigenvalue weighted by Crippen LogP contribution is 2.26. The minimum absolute atomic E-state index is 0.0447. The summed E-state index contributed by atoms with van der Waals surface area (Å²) in [7, 11) is 0. The first-order valence-corrected chi connectivity index (χ1v) is 8.13. The monoisotopic (exact) mass is 335 g/mol. The van der Waals surface area contributed by atoms with Crippen molar-refractivity contribution in [1.82, 2.24) is 19.9 Å². The van der Waals surface area contributed by atoms with E-state index in [1.165, 1.54) is 0 Å². The van der Waals surface area contributed by atoms with Crippen LogP contribution in [0, 0.1) is 0 Å². The molecule has 0 spiro atoms. The van der Waals surface area contributed by atoms with E-state index in [1.54, 1.807) is 29.3 Å². The van der Waals surface area contributed by atoms with Crippen LogP contribution in [-0.4, -0.2) is 26.4 Å². The van der Waals surface area contributed by atoms with Gasteiger partial charge in [0.15, 0.2) is 0 Å². The molecule has 2 N–H and O–H groups in total. The van der Waals surface area contributed by atoms with Crippen LogP contribution in [-0.2, 0) is 11.2 Å². The lowest BCUT2D eigenvalue weighted by molar-refractivity contribution is -0.116. The minimum atomic E-state index is -0.193. The summed E-state index contributed by atoms with van der Waals surface area (Å²) in [5.74, 6) is -0.148. The number of hydrogen-bond acceptors (Lipinski definition) is 4. The second-order valence-corrected chi connectivity index (χ2v) is 6.12. The number of hydrogen-bond donors (Lipinski definition) is 2. The van der Waals surface area contributed by atoms with Crippen molar-refractivity contribution in [1.29, 1.82) is 0 Å². The van der Waals surface area contributed by atoms with Gasteiger partial charge in [-0.25, -0.2) is 4.52 Å². The summed E-state index contributed by atoms with van der Waals surface area (Å²) in [6.07, 6.45) is 7.70. The van der Waals surface area contributed by atoms with Crippen LogP contribution < -0.4 is 10.6 Å². The fourth-order valence-electron chi connectivity index (χ4n) is 3.04. The molecule has 1 aliphatic heterocycles. The molecular weight excluding hydrogens is 318 g/mol. The maximum atomic E-state index is 12.6. The molecule has 1 aromatic carbocycles. The minimum Gasteiger partial charge on any atom is -0.345 e. The van der Waals surface area contributed by atoms with Crippen molar-refractivity contribution in [3.05, 3.63) is 59.7 Å². The molecule has 7 heteroatoms. The van der Waals surface area contributed by atoms with Gasteiger partial charge in [0.1, 0.15) is 0 Å². The highest BCUT2D eigenvalue weighted by molar-refractivity contribution is 6.00. The van der Waals surface area contributed by atoms with Gasteiger partial charge in [0, 0.05) is 24.5 Å². The van der Waals surface area contributed by atoms with Crippen LogP contribution in [0.25, 0.3) is 5.52 Å². The zero-order chi connectivity index (χ0) is 17.4. The second kappa shape index (κ2) is 6.01. The molecule has 0 aliphatic carbocycles. The maximum Gasteiger partial charge on any atom is 0.255 e. The summed E-state index contributed by atoms with van der Waals surface area (Å²) in [5.41, 5.74) is 4.11. The quantitative estimate of drug-likeness (QED) is 0.767. The standard InChI is InChI=1S/C18H17N5O2/c1-11(12-2-4-15-13(8-12)3-5-17(24)22-15)21-18(25)14-9-20-23-7-6-19-10-16(14)23/h2,4,6-11H,3,5H2,1H3,(H,21,25)(H,22,24). The molecule has 0 fully saturated rings. The predicted molar refractivity (Wildman–Crippen MR) is 92.3 cm³/mol. The van der Waals surface area contributed by atoms with Gasteiger partial charge < -0.3 is 10.6 Å². The topological polar surface area (TPSA) is 88.4 Å². The highest BCUT2D eigenvalue weighted by Gasteiger charge is 2.19. The number of nitrogens with one attached hydrogen (secondary N) is 2. The number of anilines is 1. The number of carbonyl (C=O) groups is 2. The molecule has 7 nitrogen and oxygen atoms in total. The number of rotatable bonds is 3. The Labute approximate surface area is 144 Å². The zero-order valence-electron chi connectivity index (χ0n) is 13.7. The van der Waals surface area contributed by atoms with E-state index in [0.717, 1.165) is 23.2 Å². The average molecular weight is 335 g/mol. The third kappa shape index (κ3) is 2.84. The maximum absolute atomic E-state index is 12.6. The van der Waals surface area contributed by atoms with E-state index < -0.39 is 0 Å². The first-order valence-electron chi connectivity index (χ1n) is 8.13. The molecule has 0 bridgehead atoms. The van der Waals surface area contributed by atoms with Crippen LogP contribution >= 0.6 is 0 Å². The Bertz CT molecular complexity index is 979. The van der Waals surface area contributed by atoms with E-state index in [4.69, 9.17) is 0 Å². The molecule has 126 valence electrons. The van der Waals surface area contributed by atoms with Crippen LogP contribution in [0.4, 0.5) is 5.69 Å².